The molecule has 6 rings (SSSR count). The van der Waals surface area contributed by atoms with Gasteiger partial charge in [-0.05, 0) is 65.7 Å². The molecule has 2 nitrogen and oxygen atoms in total. The van der Waals surface area contributed by atoms with Crippen molar-refractivity contribution in [1.29, 1.82) is 0 Å². The maximum Gasteiger partial charge on any atom is 0.160 e. The lowest BCUT2D eigenvalue weighted by molar-refractivity contribution is 0.468. The lowest BCUT2D eigenvalue weighted by Crippen LogP contribution is -2.33. The first kappa shape index (κ1) is 38.1. The van der Waals surface area contributed by atoms with Crippen LogP contribution in [-0.4, -0.2) is 9.97 Å². The summed E-state index contributed by atoms with van der Waals surface area (Å²) in [6.45, 7) is 20.3. The minimum Gasteiger partial charge on any atom is -0.228 e. The van der Waals surface area contributed by atoms with E-state index >= 15 is 0 Å². The summed E-state index contributed by atoms with van der Waals surface area (Å²) >= 11 is 0. The molecule has 1 aromatic heterocycles. The first-order valence-electron chi connectivity index (χ1n) is 18.5. The summed E-state index contributed by atoms with van der Waals surface area (Å²) in [4.78, 5) is 10.4. The van der Waals surface area contributed by atoms with Crippen molar-refractivity contribution in [3.63, 3.8) is 0 Å². The molecule has 264 valence electrons. The van der Waals surface area contributed by atoms with Crippen molar-refractivity contribution in [2.24, 2.45) is 5.92 Å². The maximum absolute atomic E-state index is 5.25. The van der Waals surface area contributed by atoms with E-state index in [0.29, 0.717) is 5.82 Å². The van der Waals surface area contributed by atoms with Crippen molar-refractivity contribution in [2.45, 2.75) is 39.5 Å². The predicted octanol–water partition coefficient (Wildman–Crippen LogP) is 13.7. The van der Waals surface area contributed by atoms with Gasteiger partial charge in [0.05, 0.1) is 11.4 Å². The third kappa shape index (κ3) is 8.03. The second kappa shape index (κ2) is 18.4. The maximum atomic E-state index is 5.25. The van der Waals surface area contributed by atoms with Crippen LogP contribution in [0, 0.1) is 5.92 Å². The van der Waals surface area contributed by atoms with E-state index < -0.39 is 5.41 Å². The topological polar surface area (TPSA) is 25.8 Å². The van der Waals surface area contributed by atoms with Crippen molar-refractivity contribution < 1.29 is 0 Å². The second-order valence-corrected chi connectivity index (χ2v) is 12.6. The molecule has 0 N–H and O–H groups in total. The van der Waals surface area contributed by atoms with E-state index in [1.807, 2.05) is 39.0 Å². The molecule has 3 aromatic carbocycles. The zero-order valence-electron chi connectivity index (χ0n) is 31.5. The van der Waals surface area contributed by atoms with E-state index in [0.717, 1.165) is 45.7 Å². The van der Waals surface area contributed by atoms with Gasteiger partial charge in [-0.2, -0.15) is 0 Å². The van der Waals surface area contributed by atoms with Crippen LogP contribution in [0.3, 0.4) is 0 Å². The number of hydrogen-bond donors (Lipinski definition) is 0. The summed E-state index contributed by atoms with van der Waals surface area (Å²) in [6.07, 6.45) is 32.5. The predicted molar refractivity (Wildman–Crippen MR) is 231 cm³/mol. The quantitative estimate of drug-likeness (QED) is 0.138. The monoisotopic (exact) mass is 690 g/mol. The third-order valence-electron chi connectivity index (χ3n) is 9.53. The minimum absolute atomic E-state index is 0.203. The van der Waals surface area contributed by atoms with Crippen molar-refractivity contribution in [3.05, 3.63) is 224 Å². The van der Waals surface area contributed by atoms with Crippen LogP contribution in [0.15, 0.2) is 201 Å². The Morgan fingerprint density at radius 2 is 1.45 bits per heavy atom. The van der Waals surface area contributed by atoms with E-state index in [4.69, 9.17) is 9.97 Å². The molecule has 0 amide bonds. The van der Waals surface area contributed by atoms with Crippen LogP contribution < -0.4 is 0 Å². The lowest BCUT2D eigenvalue weighted by atomic mass is 9.64. The molecule has 2 aliphatic rings. The summed E-state index contributed by atoms with van der Waals surface area (Å²) in [5, 5.41) is 0. The van der Waals surface area contributed by atoms with Gasteiger partial charge in [-0.3, -0.25) is 0 Å². The fourth-order valence-corrected chi connectivity index (χ4v) is 7.19. The first-order valence-corrected chi connectivity index (χ1v) is 18.5. The van der Waals surface area contributed by atoms with E-state index in [-0.39, 0.29) is 5.92 Å². The van der Waals surface area contributed by atoms with Gasteiger partial charge in [0.25, 0.3) is 0 Å². The van der Waals surface area contributed by atoms with Crippen LogP contribution in [0.25, 0.3) is 39.1 Å². The van der Waals surface area contributed by atoms with Gasteiger partial charge in [-0.1, -0.05) is 204 Å². The van der Waals surface area contributed by atoms with Gasteiger partial charge < -0.3 is 0 Å². The molecule has 2 unspecified atom stereocenters. The molecular weight excluding hydrogens is 641 g/mol. The molecule has 2 heteroatoms. The SMILES string of the molecule is C=C/C=C(\C=C)c1nc(/C(=C/C=C\C)C2=CC(C(/C=C\C)=C/C=C)(C3C=CC=CC3)c3ccccc32)cc(-c2ccc(-c3ccccc3)cc2)n1.CC. The Bertz CT molecular complexity index is 2180. The Morgan fingerprint density at radius 3 is 2.11 bits per heavy atom. The highest BCUT2D eigenvalue weighted by atomic mass is 14.9. The van der Waals surface area contributed by atoms with Gasteiger partial charge in [-0.15, -0.1) is 0 Å². The van der Waals surface area contributed by atoms with Crippen molar-refractivity contribution in [1.82, 2.24) is 9.97 Å². The van der Waals surface area contributed by atoms with Crippen LogP contribution in [0.5, 0.6) is 0 Å². The molecule has 2 atom stereocenters. The van der Waals surface area contributed by atoms with Crippen molar-refractivity contribution >= 4 is 16.7 Å². The minimum atomic E-state index is -0.427. The normalized spacial score (nSPS) is 18.4. The molecule has 0 fully saturated rings. The zero-order valence-corrected chi connectivity index (χ0v) is 31.5. The Labute approximate surface area is 317 Å². The van der Waals surface area contributed by atoms with E-state index in [1.165, 1.54) is 22.3 Å². The third-order valence-corrected chi connectivity index (χ3v) is 9.53. The van der Waals surface area contributed by atoms with Gasteiger partial charge in [0, 0.05) is 22.1 Å². The molecule has 0 saturated heterocycles. The summed E-state index contributed by atoms with van der Waals surface area (Å²) in [5.41, 5.74) is 11.2. The van der Waals surface area contributed by atoms with Gasteiger partial charge in [0.15, 0.2) is 5.82 Å². The van der Waals surface area contributed by atoms with E-state index in [1.54, 1.807) is 12.2 Å². The molecule has 0 saturated carbocycles. The molecule has 0 radical (unpaired) electrons. The molecule has 1 heterocycles. The Balaban J connectivity index is 0.00000266. The van der Waals surface area contributed by atoms with Crippen LogP contribution in [-0.2, 0) is 5.41 Å². The fourth-order valence-electron chi connectivity index (χ4n) is 7.19. The summed E-state index contributed by atoms with van der Waals surface area (Å²) in [5.74, 6) is 0.796. The van der Waals surface area contributed by atoms with E-state index in [9.17, 15) is 0 Å². The highest BCUT2D eigenvalue weighted by Gasteiger charge is 2.45. The summed E-state index contributed by atoms with van der Waals surface area (Å²) < 4.78 is 0. The van der Waals surface area contributed by atoms with Crippen molar-refractivity contribution in [2.75, 3.05) is 0 Å². The largest absolute Gasteiger partial charge is 0.228 e. The average molecular weight is 691 g/mol. The molecule has 0 aliphatic heterocycles. The summed E-state index contributed by atoms with van der Waals surface area (Å²) in [6, 6.07) is 29.9. The molecule has 0 bridgehead atoms. The number of aromatic nitrogens is 2. The summed E-state index contributed by atoms with van der Waals surface area (Å²) in [7, 11) is 0. The van der Waals surface area contributed by atoms with Gasteiger partial charge in [0.1, 0.15) is 0 Å². The highest BCUT2D eigenvalue weighted by molar-refractivity contribution is 6.08. The Kier molecular flexibility index (Phi) is 13.2. The van der Waals surface area contributed by atoms with Crippen LogP contribution in [0.4, 0.5) is 0 Å². The number of nitrogens with zero attached hydrogens (tertiary/aromatic N) is 2. The Morgan fingerprint density at radius 1 is 0.755 bits per heavy atom. The van der Waals surface area contributed by atoms with Crippen molar-refractivity contribution in [3.8, 4) is 22.4 Å². The second-order valence-electron chi connectivity index (χ2n) is 12.6. The van der Waals surface area contributed by atoms with Crippen LogP contribution in [0.1, 0.15) is 56.8 Å². The van der Waals surface area contributed by atoms with Gasteiger partial charge in [0.2, 0.25) is 0 Å². The smallest absolute Gasteiger partial charge is 0.160 e. The first-order chi connectivity index (χ1) is 26.1. The number of allylic oxidation sites excluding steroid dienone is 19. The highest BCUT2D eigenvalue weighted by Crippen LogP contribution is 2.55. The van der Waals surface area contributed by atoms with Gasteiger partial charge >= 0.3 is 0 Å². The Hall–Kier alpha value is -6.12. The zero-order chi connectivity index (χ0) is 37.6. The van der Waals surface area contributed by atoms with Crippen LogP contribution in [0.2, 0.25) is 0 Å². The average Bonchev–Trinajstić information content (AvgIpc) is 3.57. The molecule has 0 spiro atoms. The molecular formula is C51H50N2. The fraction of sp³-hybridized carbons (Fsp3) is 0.137. The number of benzene rings is 3. The van der Waals surface area contributed by atoms with Gasteiger partial charge in [-0.25, -0.2) is 9.97 Å². The molecule has 4 aromatic rings. The van der Waals surface area contributed by atoms with E-state index in [2.05, 4.69) is 172 Å². The lowest BCUT2D eigenvalue weighted by Gasteiger charge is -2.38. The number of hydrogen-bond acceptors (Lipinski definition) is 2. The number of rotatable bonds is 12. The standard InChI is InChI=1S/C49H44N2.C2H6/c1-6-11-27-43(44-35-49(40(21-8-3)22-9-4,41-25-16-13-17-26-41)45-29-19-18-28-42(44)45)47-34-46(50-48(51-47)36(10-5)20-7-2)39-32-30-38(31-33-39)37-23-14-12-15-24-37;1-2/h6-25,27-35,41H,2-3,5,26H2,1,4H3;1-2H3/b11-6-,22-9-,36-20+,40-21+,43-27+;. The number of fused-ring (bicyclic) bond motifs is 1. The molecule has 2 aliphatic carbocycles. The molecule has 53 heavy (non-hydrogen) atoms. The van der Waals surface area contributed by atoms with Crippen LogP contribution >= 0.6 is 0 Å².